The van der Waals surface area contributed by atoms with Crippen LogP contribution in [-0.2, 0) is 11.2 Å². The van der Waals surface area contributed by atoms with E-state index >= 15 is 0 Å². The van der Waals surface area contributed by atoms with Crippen LogP contribution in [0.1, 0.15) is 22.1 Å². The van der Waals surface area contributed by atoms with Gasteiger partial charge in [-0.3, -0.25) is 0 Å². The van der Waals surface area contributed by atoms with Gasteiger partial charge in [0.2, 0.25) is 0 Å². The fourth-order valence-electron chi connectivity index (χ4n) is 3.72. The van der Waals surface area contributed by atoms with Crippen molar-refractivity contribution in [3.8, 4) is 0 Å². The van der Waals surface area contributed by atoms with Crippen LogP contribution < -0.4 is 0 Å². The van der Waals surface area contributed by atoms with Crippen molar-refractivity contribution in [2.75, 3.05) is 12.9 Å². The minimum Gasteiger partial charge on any atom is -0.394 e. The second-order valence-corrected chi connectivity index (χ2v) is 9.22. The Kier molecular flexibility index (Phi) is 6.27. The molecule has 0 unspecified atom stereocenters. The van der Waals surface area contributed by atoms with Crippen molar-refractivity contribution < 1.29 is 25.2 Å². The molecule has 4 N–H and O–H groups in total. The summed E-state index contributed by atoms with van der Waals surface area (Å²) in [6.45, 7) is -0.427. The maximum absolute atomic E-state index is 10.4. The first kappa shape index (κ1) is 20.8. The van der Waals surface area contributed by atoms with E-state index in [0.29, 0.717) is 0 Å². The maximum atomic E-state index is 10.4. The zero-order chi connectivity index (χ0) is 20.5. The summed E-state index contributed by atoms with van der Waals surface area (Å²) in [7, 11) is 0. The summed E-state index contributed by atoms with van der Waals surface area (Å²) in [6, 6.07) is 16.6. The van der Waals surface area contributed by atoms with Crippen LogP contribution in [0.25, 0.3) is 10.1 Å². The number of hydrogen-bond acceptors (Lipinski definition) is 7. The van der Waals surface area contributed by atoms with Crippen LogP contribution in [0.2, 0.25) is 0 Å². The smallest absolute Gasteiger partial charge is 0.121 e. The Hall–Kier alpha value is -1.45. The number of fused-ring (bicyclic) bond motifs is 1. The number of rotatable bonds is 5. The fraction of sp³-hybridized carbons (Fsp3) is 0.364. The third-order valence-electron chi connectivity index (χ3n) is 5.37. The van der Waals surface area contributed by atoms with Crippen LogP contribution in [0.5, 0.6) is 0 Å². The molecule has 4 rings (SSSR count). The molecule has 5 atom stereocenters. The van der Waals surface area contributed by atoms with E-state index in [1.54, 1.807) is 11.8 Å². The van der Waals surface area contributed by atoms with Crippen molar-refractivity contribution >= 4 is 33.2 Å². The molecule has 0 radical (unpaired) electrons. The monoisotopic (exact) mass is 432 g/mol. The number of ether oxygens (including phenoxy) is 1. The molecule has 3 aromatic rings. The summed E-state index contributed by atoms with van der Waals surface area (Å²) in [5.74, 6) is 0. The number of hydrogen-bond donors (Lipinski definition) is 4. The first-order valence-corrected chi connectivity index (χ1v) is 11.5. The van der Waals surface area contributed by atoms with Crippen molar-refractivity contribution in [3.63, 3.8) is 0 Å². The molecule has 1 aliphatic heterocycles. The van der Waals surface area contributed by atoms with Crippen LogP contribution in [0.4, 0.5) is 0 Å². The lowest BCUT2D eigenvalue weighted by molar-refractivity contribution is -0.230. The van der Waals surface area contributed by atoms with Crippen LogP contribution in [0.3, 0.4) is 0 Å². The number of aliphatic hydroxyl groups excluding tert-OH is 4. The molecule has 5 nitrogen and oxygen atoms in total. The fourth-order valence-corrected chi connectivity index (χ4v) is 5.38. The van der Waals surface area contributed by atoms with Gasteiger partial charge in [-0.15, -0.1) is 23.1 Å². The molecule has 7 heteroatoms. The predicted octanol–water partition coefficient (Wildman–Crippen LogP) is 2.73. The summed E-state index contributed by atoms with van der Waals surface area (Å²) in [5, 5.41) is 41.0. The highest BCUT2D eigenvalue weighted by Crippen LogP contribution is 2.39. The Bertz CT molecular complexity index is 969. The molecule has 1 aromatic heterocycles. The molecule has 0 amide bonds. The first-order valence-electron chi connectivity index (χ1n) is 9.46. The Morgan fingerprint density at radius 2 is 1.76 bits per heavy atom. The van der Waals surface area contributed by atoms with Gasteiger partial charge >= 0.3 is 0 Å². The van der Waals surface area contributed by atoms with Crippen LogP contribution in [-0.4, -0.2) is 57.7 Å². The summed E-state index contributed by atoms with van der Waals surface area (Å²) in [5.41, 5.74) is 2.40. The van der Waals surface area contributed by atoms with Gasteiger partial charge in [-0.25, -0.2) is 0 Å². The summed E-state index contributed by atoms with van der Waals surface area (Å²) in [6.07, 6.45) is -2.83. The third-order valence-corrected chi connectivity index (χ3v) is 7.40. The molecule has 154 valence electrons. The molecule has 2 heterocycles. The number of benzene rings is 2. The molecule has 2 aromatic carbocycles. The normalized spacial score (nSPS) is 27.4. The molecule has 0 aliphatic carbocycles. The van der Waals surface area contributed by atoms with Gasteiger partial charge in [0, 0.05) is 14.5 Å². The number of thioether (sulfide) groups is 1. The van der Waals surface area contributed by atoms with E-state index in [4.69, 9.17) is 4.74 Å². The second kappa shape index (κ2) is 8.73. The largest absolute Gasteiger partial charge is 0.394 e. The van der Waals surface area contributed by atoms with Crippen molar-refractivity contribution in [1.82, 2.24) is 0 Å². The SMILES string of the molecule is CSc1ccc(Cc2cccc3cc([C@@H]4O[C@H](CO)[C@@H](O)[C@H](O)[C@H]4O)sc23)cc1. The minimum absolute atomic E-state index is 0.427. The lowest BCUT2D eigenvalue weighted by atomic mass is 9.94. The van der Waals surface area contributed by atoms with Crippen molar-refractivity contribution in [1.29, 1.82) is 0 Å². The topological polar surface area (TPSA) is 90.2 Å². The zero-order valence-electron chi connectivity index (χ0n) is 15.9. The molecule has 1 aliphatic rings. The van der Waals surface area contributed by atoms with Gasteiger partial charge in [0.15, 0.2) is 0 Å². The Balaban J connectivity index is 1.65. The van der Waals surface area contributed by atoms with E-state index in [1.807, 2.05) is 18.2 Å². The molecule has 0 bridgehead atoms. The van der Waals surface area contributed by atoms with Crippen molar-refractivity contribution in [2.45, 2.75) is 41.8 Å². The van der Waals surface area contributed by atoms with Gasteiger partial charge in [-0.2, -0.15) is 0 Å². The Labute approximate surface area is 177 Å². The van der Waals surface area contributed by atoms with Crippen LogP contribution in [0, 0.1) is 0 Å². The second-order valence-electron chi connectivity index (χ2n) is 7.26. The minimum atomic E-state index is -1.37. The van der Waals surface area contributed by atoms with E-state index in [0.717, 1.165) is 21.4 Å². The van der Waals surface area contributed by atoms with Crippen LogP contribution in [0.15, 0.2) is 53.4 Å². The van der Waals surface area contributed by atoms with Crippen LogP contribution >= 0.6 is 23.1 Å². The van der Waals surface area contributed by atoms with Gasteiger partial charge in [0.1, 0.15) is 30.5 Å². The number of thiophene rings is 1. The summed E-state index contributed by atoms with van der Waals surface area (Å²) >= 11 is 3.23. The predicted molar refractivity (Wildman–Crippen MR) is 116 cm³/mol. The van der Waals surface area contributed by atoms with E-state index in [2.05, 4.69) is 36.6 Å². The zero-order valence-corrected chi connectivity index (χ0v) is 17.6. The summed E-state index contributed by atoms with van der Waals surface area (Å²) < 4.78 is 6.83. The maximum Gasteiger partial charge on any atom is 0.121 e. The quantitative estimate of drug-likeness (QED) is 0.464. The van der Waals surface area contributed by atoms with E-state index in [-0.39, 0.29) is 0 Å². The number of aliphatic hydroxyl groups is 4. The lowest BCUT2D eigenvalue weighted by Crippen LogP contribution is -2.55. The first-order chi connectivity index (χ1) is 14.0. The van der Waals surface area contributed by atoms with Gasteiger partial charge in [-0.05, 0) is 47.4 Å². The van der Waals surface area contributed by atoms with Gasteiger partial charge in [0.05, 0.1) is 6.61 Å². The third kappa shape index (κ3) is 4.09. The van der Waals surface area contributed by atoms with E-state index < -0.39 is 37.1 Å². The highest BCUT2D eigenvalue weighted by molar-refractivity contribution is 7.98. The van der Waals surface area contributed by atoms with Crippen molar-refractivity contribution in [3.05, 3.63) is 64.5 Å². The van der Waals surface area contributed by atoms with Gasteiger partial charge in [-0.1, -0.05) is 30.3 Å². The Morgan fingerprint density at radius 3 is 2.45 bits per heavy atom. The molecule has 1 saturated heterocycles. The average molecular weight is 433 g/mol. The van der Waals surface area contributed by atoms with Gasteiger partial charge in [0.25, 0.3) is 0 Å². The van der Waals surface area contributed by atoms with Crippen molar-refractivity contribution in [2.24, 2.45) is 0 Å². The average Bonchev–Trinajstić information content (AvgIpc) is 3.18. The molecule has 0 spiro atoms. The van der Waals surface area contributed by atoms with Gasteiger partial charge < -0.3 is 25.2 Å². The lowest BCUT2D eigenvalue weighted by Gasteiger charge is -2.39. The molecule has 0 saturated carbocycles. The Morgan fingerprint density at radius 1 is 1.00 bits per heavy atom. The highest BCUT2D eigenvalue weighted by Gasteiger charge is 2.44. The standard InChI is InChI=1S/C22H24O5S2/c1-28-15-7-5-12(6-8-15)9-13-3-2-4-14-10-17(29-22(13)14)21-20(26)19(25)18(24)16(11-23)27-21/h2-8,10,16,18-21,23-26H,9,11H2,1H3/t16-,18-,19+,20-,21+/m1/s1. The summed E-state index contributed by atoms with van der Waals surface area (Å²) in [4.78, 5) is 2.00. The van der Waals surface area contributed by atoms with E-state index in [1.165, 1.54) is 27.4 Å². The molecular weight excluding hydrogens is 408 g/mol. The molecule has 1 fully saturated rings. The molecule has 29 heavy (non-hydrogen) atoms. The molecular formula is C22H24O5S2. The van der Waals surface area contributed by atoms with E-state index in [9.17, 15) is 20.4 Å². The highest BCUT2D eigenvalue weighted by atomic mass is 32.2.